The van der Waals surface area contributed by atoms with Crippen LogP contribution in [-0.4, -0.2) is 27.4 Å². The van der Waals surface area contributed by atoms with E-state index >= 15 is 0 Å². The van der Waals surface area contributed by atoms with Crippen LogP contribution in [0.25, 0.3) is 0 Å². The Morgan fingerprint density at radius 3 is 3.00 bits per heavy atom. The first kappa shape index (κ1) is 12.6. The van der Waals surface area contributed by atoms with Gasteiger partial charge in [0.2, 0.25) is 0 Å². The zero-order chi connectivity index (χ0) is 13.1. The second-order valence-electron chi connectivity index (χ2n) is 4.09. The molecule has 0 radical (unpaired) electrons. The molecular weight excluding hydrogens is 236 g/mol. The third-order valence-corrected chi connectivity index (χ3v) is 2.85. The SMILES string of the molecule is CC#CC1CC(CO)OC1n1ccc(=O)[nH]c1=O. The number of hydrogen-bond donors (Lipinski definition) is 2. The average molecular weight is 250 g/mol. The summed E-state index contributed by atoms with van der Waals surface area (Å²) in [6, 6.07) is 1.26. The van der Waals surface area contributed by atoms with Crippen LogP contribution >= 0.6 is 0 Å². The van der Waals surface area contributed by atoms with Crippen molar-refractivity contribution in [2.75, 3.05) is 6.61 Å². The minimum Gasteiger partial charge on any atom is -0.394 e. The van der Waals surface area contributed by atoms with Crippen molar-refractivity contribution in [3.63, 3.8) is 0 Å². The van der Waals surface area contributed by atoms with E-state index in [9.17, 15) is 9.59 Å². The van der Waals surface area contributed by atoms with Crippen molar-refractivity contribution >= 4 is 0 Å². The lowest BCUT2D eigenvalue weighted by Gasteiger charge is -2.16. The standard InChI is InChI=1S/C12H14N2O4/c1-2-3-8-6-9(7-15)18-11(8)14-5-4-10(16)13-12(14)17/h4-5,8-9,11,15H,6-7H2,1H3,(H,13,16,17). The van der Waals surface area contributed by atoms with Gasteiger partial charge in [0, 0.05) is 12.3 Å². The molecule has 0 aliphatic carbocycles. The second-order valence-corrected chi connectivity index (χ2v) is 4.09. The number of hydrogen-bond acceptors (Lipinski definition) is 4. The van der Waals surface area contributed by atoms with Crippen molar-refractivity contribution in [2.45, 2.75) is 25.7 Å². The minimum atomic E-state index is -0.570. The van der Waals surface area contributed by atoms with Gasteiger partial charge >= 0.3 is 5.69 Å². The molecule has 3 unspecified atom stereocenters. The van der Waals surface area contributed by atoms with Crippen molar-refractivity contribution in [1.29, 1.82) is 0 Å². The van der Waals surface area contributed by atoms with E-state index in [0.29, 0.717) is 6.42 Å². The van der Waals surface area contributed by atoms with Gasteiger partial charge in [0.05, 0.1) is 18.6 Å². The van der Waals surface area contributed by atoms with E-state index in [1.54, 1.807) is 6.92 Å². The topological polar surface area (TPSA) is 84.3 Å². The summed E-state index contributed by atoms with van der Waals surface area (Å²) in [4.78, 5) is 24.9. The summed E-state index contributed by atoms with van der Waals surface area (Å²) in [5, 5.41) is 9.11. The number of aromatic nitrogens is 2. The van der Waals surface area contributed by atoms with Gasteiger partial charge < -0.3 is 9.84 Å². The van der Waals surface area contributed by atoms with Crippen LogP contribution in [0.4, 0.5) is 0 Å². The van der Waals surface area contributed by atoms with Gasteiger partial charge in [-0.2, -0.15) is 0 Å². The van der Waals surface area contributed by atoms with Crippen LogP contribution in [-0.2, 0) is 4.74 Å². The Morgan fingerprint density at radius 1 is 1.61 bits per heavy atom. The molecule has 0 amide bonds. The molecule has 1 aliphatic rings. The van der Waals surface area contributed by atoms with Crippen molar-refractivity contribution < 1.29 is 9.84 Å². The lowest BCUT2D eigenvalue weighted by atomic mass is 10.0. The predicted octanol–water partition coefficient (Wildman–Crippen LogP) is -0.544. The molecule has 2 heterocycles. The molecule has 2 rings (SSSR count). The zero-order valence-corrected chi connectivity index (χ0v) is 9.92. The predicted molar refractivity (Wildman–Crippen MR) is 63.9 cm³/mol. The summed E-state index contributed by atoms with van der Waals surface area (Å²) < 4.78 is 6.87. The number of H-pyrrole nitrogens is 1. The molecule has 18 heavy (non-hydrogen) atoms. The Kier molecular flexibility index (Phi) is 3.65. The van der Waals surface area contributed by atoms with Crippen molar-refractivity contribution in [3.05, 3.63) is 33.1 Å². The number of aliphatic hydroxyl groups excluding tert-OH is 1. The van der Waals surface area contributed by atoms with Crippen LogP contribution in [0.2, 0.25) is 0 Å². The highest BCUT2D eigenvalue weighted by molar-refractivity contribution is 5.06. The number of nitrogens with zero attached hydrogens (tertiary/aromatic N) is 1. The first-order chi connectivity index (χ1) is 8.65. The highest BCUT2D eigenvalue weighted by atomic mass is 16.5. The van der Waals surface area contributed by atoms with Crippen molar-refractivity contribution in [1.82, 2.24) is 9.55 Å². The molecule has 6 nitrogen and oxygen atoms in total. The summed E-state index contributed by atoms with van der Waals surface area (Å²) >= 11 is 0. The second kappa shape index (κ2) is 5.21. The molecule has 1 aliphatic heterocycles. The van der Waals surface area contributed by atoms with E-state index in [2.05, 4.69) is 16.8 Å². The van der Waals surface area contributed by atoms with Crippen LogP contribution in [0.5, 0.6) is 0 Å². The third kappa shape index (κ3) is 2.37. The summed E-state index contributed by atoms with van der Waals surface area (Å²) in [5.74, 6) is 5.58. The van der Waals surface area contributed by atoms with E-state index in [4.69, 9.17) is 9.84 Å². The molecule has 6 heteroatoms. The molecule has 0 aromatic carbocycles. The van der Waals surface area contributed by atoms with E-state index < -0.39 is 17.5 Å². The Bertz CT molecular complexity index is 592. The normalized spacial score (nSPS) is 26.7. The van der Waals surface area contributed by atoms with Gasteiger partial charge in [-0.1, -0.05) is 5.92 Å². The first-order valence-corrected chi connectivity index (χ1v) is 5.65. The molecule has 2 N–H and O–H groups in total. The molecule has 1 saturated heterocycles. The van der Waals surface area contributed by atoms with Gasteiger partial charge in [0.1, 0.15) is 0 Å². The van der Waals surface area contributed by atoms with Crippen LogP contribution in [0.1, 0.15) is 19.6 Å². The van der Waals surface area contributed by atoms with Crippen molar-refractivity contribution in [3.8, 4) is 11.8 Å². The van der Waals surface area contributed by atoms with Gasteiger partial charge in [0.25, 0.3) is 5.56 Å². The van der Waals surface area contributed by atoms with Gasteiger partial charge in [-0.25, -0.2) is 4.79 Å². The fourth-order valence-corrected chi connectivity index (χ4v) is 2.07. The van der Waals surface area contributed by atoms with Gasteiger partial charge in [-0.05, 0) is 13.3 Å². The number of aromatic amines is 1. The molecule has 1 fully saturated rings. The van der Waals surface area contributed by atoms with E-state index in [-0.39, 0.29) is 18.6 Å². The Hall–Kier alpha value is -1.84. The lowest BCUT2D eigenvalue weighted by Crippen LogP contribution is -2.33. The first-order valence-electron chi connectivity index (χ1n) is 5.65. The third-order valence-electron chi connectivity index (χ3n) is 2.85. The maximum atomic E-state index is 11.7. The van der Waals surface area contributed by atoms with Crippen LogP contribution in [0.15, 0.2) is 21.9 Å². The van der Waals surface area contributed by atoms with Gasteiger partial charge in [-0.3, -0.25) is 14.3 Å². The fourth-order valence-electron chi connectivity index (χ4n) is 2.07. The molecule has 0 spiro atoms. The molecule has 1 aromatic heterocycles. The van der Waals surface area contributed by atoms with Gasteiger partial charge in [0.15, 0.2) is 6.23 Å². The molecule has 0 bridgehead atoms. The average Bonchev–Trinajstić information content (AvgIpc) is 2.73. The molecule has 96 valence electrons. The number of ether oxygens (including phenoxy) is 1. The number of rotatable bonds is 2. The quantitative estimate of drug-likeness (QED) is 0.690. The van der Waals surface area contributed by atoms with Crippen LogP contribution in [0, 0.1) is 17.8 Å². The molecular formula is C12H14N2O4. The van der Waals surface area contributed by atoms with E-state index in [0.717, 1.165) is 0 Å². The maximum Gasteiger partial charge on any atom is 0.330 e. The maximum absolute atomic E-state index is 11.7. The Labute approximate surface area is 103 Å². The molecule has 3 atom stereocenters. The highest BCUT2D eigenvalue weighted by Crippen LogP contribution is 2.32. The number of aliphatic hydroxyl groups is 1. The van der Waals surface area contributed by atoms with E-state index in [1.165, 1.54) is 16.8 Å². The summed E-state index contributed by atoms with van der Waals surface area (Å²) in [6.45, 7) is 1.59. The smallest absolute Gasteiger partial charge is 0.330 e. The minimum absolute atomic E-state index is 0.115. The van der Waals surface area contributed by atoms with Crippen LogP contribution in [0.3, 0.4) is 0 Å². The largest absolute Gasteiger partial charge is 0.394 e. The van der Waals surface area contributed by atoms with Gasteiger partial charge in [-0.15, -0.1) is 5.92 Å². The Morgan fingerprint density at radius 2 is 2.39 bits per heavy atom. The zero-order valence-electron chi connectivity index (χ0n) is 9.92. The monoisotopic (exact) mass is 250 g/mol. The summed E-state index contributed by atoms with van der Waals surface area (Å²) in [5.41, 5.74) is -0.986. The number of nitrogens with one attached hydrogen (secondary N) is 1. The van der Waals surface area contributed by atoms with E-state index in [1.807, 2.05) is 0 Å². The summed E-state index contributed by atoms with van der Waals surface area (Å²) in [6.07, 6.45) is 1.04. The molecule has 0 saturated carbocycles. The fraction of sp³-hybridized carbons (Fsp3) is 0.500. The van der Waals surface area contributed by atoms with Crippen LogP contribution < -0.4 is 11.2 Å². The van der Waals surface area contributed by atoms with Crippen molar-refractivity contribution in [2.24, 2.45) is 5.92 Å². The Balaban J connectivity index is 2.37. The molecule has 1 aromatic rings. The lowest BCUT2D eigenvalue weighted by molar-refractivity contribution is -0.0304. The highest BCUT2D eigenvalue weighted by Gasteiger charge is 2.35. The summed E-state index contributed by atoms with van der Waals surface area (Å²) in [7, 11) is 0.